The lowest BCUT2D eigenvalue weighted by Crippen LogP contribution is -2.54. The number of piperazine rings is 1. The molecule has 3 aromatic rings. The van der Waals surface area contributed by atoms with Crippen LogP contribution in [-0.4, -0.2) is 60.6 Å². The van der Waals surface area contributed by atoms with E-state index < -0.39 is 9.84 Å². The van der Waals surface area contributed by atoms with Crippen molar-refractivity contribution in [2.24, 2.45) is 0 Å². The average Bonchev–Trinajstić information content (AvgIpc) is 3.21. The van der Waals surface area contributed by atoms with Crippen LogP contribution >= 0.6 is 11.3 Å². The number of anilines is 1. The quantitative estimate of drug-likeness (QED) is 0.642. The second kappa shape index (κ2) is 8.19. The minimum Gasteiger partial charge on any atom is -0.367 e. The lowest BCUT2D eigenvalue weighted by Gasteiger charge is -2.41. The number of hydrogen-bond acceptors (Lipinski definition) is 7. The summed E-state index contributed by atoms with van der Waals surface area (Å²) in [6, 6.07) is 8.31. The maximum atomic E-state index is 12.8. The summed E-state index contributed by atoms with van der Waals surface area (Å²) in [6.45, 7) is 3.59. The molecule has 0 unspecified atom stereocenters. The molecule has 0 spiro atoms. The smallest absolute Gasteiger partial charge is 0.249 e. The van der Waals surface area contributed by atoms with Crippen molar-refractivity contribution >= 4 is 43.0 Å². The Morgan fingerprint density at radius 1 is 1.30 bits per heavy atom. The summed E-state index contributed by atoms with van der Waals surface area (Å²) in [5.41, 5.74) is 2.92. The Bertz CT molecular complexity index is 1230. The Labute approximate surface area is 178 Å². The van der Waals surface area contributed by atoms with Gasteiger partial charge in [-0.2, -0.15) is 0 Å². The Balaban J connectivity index is 1.41. The van der Waals surface area contributed by atoms with Crippen molar-refractivity contribution in [1.82, 2.24) is 14.9 Å². The fourth-order valence-electron chi connectivity index (χ4n) is 3.77. The number of amides is 1. The molecule has 1 aliphatic heterocycles. The first kappa shape index (κ1) is 20.5. The van der Waals surface area contributed by atoms with Gasteiger partial charge in [-0.05, 0) is 25.1 Å². The van der Waals surface area contributed by atoms with Gasteiger partial charge in [0.15, 0.2) is 9.84 Å². The van der Waals surface area contributed by atoms with Crippen LogP contribution in [0, 0.1) is 0 Å². The third kappa shape index (κ3) is 4.10. The standard InChI is InChI=1S/C20H22N4O4S2/c1-14-12-23(15-5-7-21-18(25)11-15)8-9-24(14)19(26)6-10-30(27,28)17-4-2-3-16-20(17)29-13-22-16/h2-5,7,11,13-14H,6,8-10,12H2,1H3,(H,21,25)/t14-/m0/s1. The van der Waals surface area contributed by atoms with Crippen LogP contribution in [0.5, 0.6) is 0 Å². The van der Waals surface area contributed by atoms with Gasteiger partial charge < -0.3 is 14.8 Å². The second-order valence-corrected chi connectivity index (χ2v) is 10.3. The highest BCUT2D eigenvalue weighted by Crippen LogP contribution is 2.27. The molecule has 1 atom stereocenters. The van der Waals surface area contributed by atoms with Gasteiger partial charge in [-0.15, -0.1) is 11.3 Å². The summed E-state index contributed by atoms with van der Waals surface area (Å²) in [7, 11) is -3.59. The fraction of sp³-hybridized carbons (Fsp3) is 0.350. The summed E-state index contributed by atoms with van der Waals surface area (Å²) < 4.78 is 26.3. The minimum absolute atomic E-state index is 0.0626. The van der Waals surface area contributed by atoms with Crippen molar-refractivity contribution in [3.8, 4) is 0 Å². The van der Waals surface area contributed by atoms with Gasteiger partial charge in [0.25, 0.3) is 0 Å². The van der Waals surface area contributed by atoms with Gasteiger partial charge in [0.05, 0.1) is 26.4 Å². The highest BCUT2D eigenvalue weighted by molar-refractivity contribution is 7.91. The third-order valence-electron chi connectivity index (χ3n) is 5.31. The normalized spacial score (nSPS) is 17.4. The topological polar surface area (TPSA) is 103 Å². The molecule has 2 aromatic heterocycles. The fourth-order valence-corrected chi connectivity index (χ4v) is 6.33. The summed E-state index contributed by atoms with van der Waals surface area (Å²) in [4.78, 5) is 35.1. The van der Waals surface area contributed by atoms with Crippen molar-refractivity contribution in [3.05, 3.63) is 52.4 Å². The number of sulfone groups is 1. The summed E-state index contributed by atoms with van der Waals surface area (Å²) >= 11 is 1.29. The molecule has 0 bridgehead atoms. The number of carbonyl (C=O) groups excluding carboxylic acids is 1. The van der Waals surface area contributed by atoms with Crippen molar-refractivity contribution in [2.75, 3.05) is 30.3 Å². The molecule has 1 N–H and O–H groups in total. The monoisotopic (exact) mass is 446 g/mol. The van der Waals surface area contributed by atoms with Crippen molar-refractivity contribution in [3.63, 3.8) is 0 Å². The van der Waals surface area contributed by atoms with E-state index in [-0.39, 0.29) is 34.6 Å². The highest BCUT2D eigenvalue weighted by atomic mass is 32.2. The number of H-pyrrole nitrogens is 1. The first-order chi connectivity index (χ1) is 14.3. The number of nitrogens with zero attached hydrogens (tertiary/aromatic N) is 3. The summed E-state index contributed by atoms with van der Waals surface area (Å²) in [6.07, 6.45) is 1.54. The number of aromatic nitrogens is 2. The Morgan fingerprint density at radius 2 is 2.13 bits per heavy atom. The largest absolute Gasteiger partial charge is 0.367 e. The zero-order valence-corrected chi connectivity index (χ0v) is 18.1. The Morgan fingerprint density at radius 3 is 2.90 bits per heavy atom. The summed E-state index contributed by atoms with van der Waals surface area (Å²) in [5.74, 6) is -0.405. The molecule has 3 heterocycles. The molecule has 1 amide bonds. The molecular weight excluding hydrogens is 424 g/mol. The van der Waals surface area contributed by atoms with Crippen LogP contribution in [0.25, 0.3) is 10.2 Å². The van der Waals surface area contributed by atoms with E-state index in [4.69, 9.17) is 0 Å². The number of fused-ring (bicyclic) bond motifs is 1. The second-order valence-electron chi connectivity index (χ2n) is 7.32. The SMILES string of the molecule is C[C@H]1CN(c2cc[nH]c(=O)c2)CCN1C(=O)CCS(=O)(=O)c1cccc2ncsc12. The molecule has 1 fully saturated rings. The van der Waals surface area contributed by atoms with Crippen molar-refractivity contribution in [1.29, 1.82) is 0 Å². The van der Waals surface area contributed by atoms with E-state index in [0.717, 1.165) is 5.69 Å². The van der Waals surface area contributed by atoms with Crippen LogP contribution in [0.2, 0.25) is 0 Å². The van der Waals surface area contributed by atoms with Gasteiger partial charge >= 0.3 is 0 Å². The van der Waals surface area contributed by atoms with Crippen LogP contribution in [0.15, 0.2) is 51.7 Å². The van der Waals surface area contributed by atoms with Gasteiger partial charge in [-0.1, -0.05) is 6.07 Å². The molecule has 4 rings (SSSR count). The van der Waals surface area contributed by atoms with Gasteiger partial charge in [-0.3, -0.25) is 9.59 Å². The van der Waals surface area contributed by atoms with E-state index in [2.05, 4.69) is 14.9 Å². The molecule has 8 nitrogen and oxygen atoms in total. The number of thiazole rings is 1. The first-order valence-electron chi connectivity index (χ1n) is 9.63. The van der Waals surface area contributed by atoms with Crippen molar-refractivity contribution in [2.45, 2.75) is 24.3 Å². The first-order valence-corrected chi connectivity index (χ1v) is 12.2. The minimum atomic E-state index is -3.59. The van der Waals surface area contributed by atoms with Gasteiger partial charge in [0.1, 0.15) is 0 Å². The number of nitrogens with one attached hydrogen (secondary N) is 1. The van der Waals surface area contributed by atoms with E-state index in [1.807, 2.05) is 13.0 Å². The Hall–Kier alpha value is -2.72. The van der Waals surface area contributed by atoms with E-state index in [0.29, 0.717) is 29.9 Å². The maximum Gasteiger partial charge on any atom is 0.249 e. The molecule has 10 heteroatoms. The van der Waals surface area contributed by atoms with Gasteiger partial charge in [0.2, 0.25) is 11.5 Å². The maximum absolute atomic E-state index is 12.8. The number of carbonyl (C=O) groups is 1. The summed E-state index contributed by atoms with van der Waals surface area (Å²) in [5, 5.41) is 0. The molecule has 0 radical (unpaired) electrons. The zero-order valence-electron chi connectivity index (χ0n) is 16.4. The van der Waals surface area contributed by atoms with Crippen LogP contribution < -0.4 is 10.5 Å². The van der Waals surface area contributed by atoms with Crippen LogP contribution in [0.3, 0.4) is 0 Å². The lowest BCUT2D eigenvalue weighted by molar-refractivity contribution is -0.133. The molecule has 158 valence electrons. The molecule has 1 aliphatic rings. The van der Waals surface area contributed by atoms with Gasteiger partial charge in [0, 0.05) is 50.0 Å². The highest BCUT2D eigenvalue weighted by Gasteiger charge is 2.29. The molecule has 0 aliphatic carbocycles. The van der Waals surface area contributed by atoms with E-state index in [9.17, 15) is 18.0 Å². The molecule has 30 heavy (non-hydrogen) atoms. The molecular formula is C20H22N4O4S2. The molecule has 0 saturated carbocycles. The van der Waals surface area contributed by atoms with E-state index >= 15 is 0 Å². The number of benzene rings is 1. The van der Waals surface area contributed by atoms with Crippen LogP contribution in [0.1, 0.15) is 13.3 Å². The molecule has 1 saturated heterocycles. The number of rotatable bonds is 5. The van der Waals surface area contributed by atoms with Crippen LogP contribution in [0.4, 0.5) is 5.69 Å². The van der Waals surface area contributed by atoms with Crippen LogP contribution in [-0.2, 0) is 14.6 Å². The zero-order chi connectivity index (χ0) is 21.3. The van der Waals surface area contributed by atoms with E-state index in [1.165, 1.54) is 17.4 Å². The predicted octanol–water partition coefficient (Wildman–Crippen LogP) is 1.89. The van der Waals surface area contributed by atoms with Crippen molar-refractivity contribution < 1.29 is 13.2 Å². The Kier molecular flexibility index (Phi) is 5.61. The molecule has 1 aromatic carbocycles. The number of aromatic amines is 1. The number of pyridine rings is 1. The average molecular weight is 447 g/mol. The van der Waals surface area contributed by atoms with Gasteiger partial charge in [-0.25, -0.2) is 13.4 Å². The van der Waals surface area contributed by atoms with E-state index in [1.54, 1.807) is 34.8 Å². The lowest BCUT2D eigenvalue weighted by atomic mass is 10.1. The third-order valence-corrected chi connectivity index (χ3v) is 8.07. The number of hydrogen-bond donors (Lipinski definition) is 1. The predicted molar refractivity (Wildman–Crippen MR) is 117 cm³/mol.